The second kappa shape index (κ2) is 6.26. The Bertz CT molecular complexity index is 868. The summed E-state index contributed by atoms with van der Waals surface area (Å²) in [6, 6.07) is 0. The van der Waals surface area contributed by atoms with Crippen LogP contribution in [-0.2, 0) is 24.1 Å². The number of ether oxygens (including phenoxy) is 1. The second-order valence-electron chi connectivity index (χ2n) is 10.1. The average Bonchev–Trinajstić information content (AvgIpc) is 2.86. The topological polar surface area (TPSA) is 130 Å². The van der Waals surface area contributed by atoms with Crippen molar-refractivity contribution in [2.24, 2.45) is 22.2 Å². The van der Waals surface area contributed by atoms with Gasteiger partial charge < -0.3 is 14.9 Å². The number of hydrogen-bond acceptors (Lipinski definition) is 7. The Labute approximate surface area is 171 Å². The number of carbonyl (C=O) groups excluding carboxylic acids is 1. The summed E-state index contributed by atoms with van der Waals surface area (Å²) in [6.07, 6.45) is 3.86. The molecule has 0 aromatic carbocycles. The summed E-state index contributed by atoms with van der Waals surface area (Å²) in [5.41, 5.74) is -2.23. The Morgan fingerprint density at radius 2 is 1.93 bits per heavy atom. The van der Waals surface area contributed by atoms with Crippen LogP contribution >= 0.6 is 0 Å². The molecule has 0 bridgehead atoms. The largest absolute Gasteiger partial charge is 0.457 e. The summed E-state index contributed by atoms with van der Waals surface area (Å²) < 4.78 is 40.7. The minimum Gasteiger partial charge on any atom is -0.457 e. The lowest BCUT2D eigenvalue weighted by Crippen LogP contribution is -2.64. The summed E-state index contributed by atoms with van der Waals surface area (Å²) in [4.78, 5) is 12.7. The molecule has 3 aliphatic carbocycles. The number of carbonyl (C=O) groups is 1. The molecule has 0 aromatic rings. The van der Waals surface area contributed by atoms with Crippen molar-refractivity contribution >= 4 is 16.4 Å². The fourth-order valence-electron chi connectivity index (χ4n) is 6.69. The zero-order valence-electron chi connectivity index (χ0n) is 17.1. The van der Waals surface area contributed by atoms with Crippen LogP contribution in [0.25, 0.3) is 0 Å². The normalized spacial score (nSPS) is 47.7. The van der Waals surface area contributed by atoms with Gasteiger partial charge in [0.25, 0.3) is 0 Å². The first-order valence-corrected chi connectivity index (χ1v) is 11.6. The predicted molar refractivity (Wildman–Crippen MR) is 102 cm³/mol. The number of hydrogen-bond donors (Lipinski definition) is 3. The van der Waals surface area contributed by atoms with E-state index in [0.29, 0.717) is 19.3 Å². The van der Waals surface area contributed by atoms with Crippen molar-refractivity contribution in [2.75, 3.05) is 6.61 Å². The summed E-state index contributed by atoms with van der Waals surface area (Å²) in [7, 11) is -4.65. The number of esters is 1. The van der Waals surface area contributed by atoms with E-state index in [1.165, 1.54) is 0 Å². The molecule has 0 radical (unpaired) electrons. The Hall–Kier alpha value is -1.00. The molecule has 3 fully saturated rings. The molecule has 7 unspecified atom stereocenters. The number of aliphatic hydroxyl groups excluding tert-OH is 1. The first-order chi connectivity index (χ1) is 13.3. The van der Waals surface area contributed by atoms with Gasteiger partial charge in [-0.1, -0.05) is 20.3 Å². The second-order valence-corrected chi connectivity index (χ2v) is 11.2. The maximum atomic E-state index is 12.7. The quantitative estimate of drug-likeness (QED) is 0.349. The van der Waals surface area contributed by atoms with Crippen LogP contribution in [0.5, 0.6) is 0 Å². The van der Waals surface area contributed by atoms with Gasteiger partial charge in [0.1, 0.15) is 6.10 Å². The van der Waals surface area contributed by atoms with Gasteiger partial charge in [-0.15, -0.1) is 0 Å². The maximum Gasteiger partial charge on any atom is 0.397 e. The number of fused-ring (bicyclic) bond motifs is 2. The Morgan fingerprint density at radius 1 is 1.24 bits per heavy atom. The van der Waals surface area contributed by atoms with E-state index in [-0.39, 0.29) is 11.9 Å². The van der Waals surface area contributed by atoms with Crippen molar-refractivity contribution in [2.45, 2.75) is 77.1 Å². The molecule has 2 saturated carbocycles. The van der Waals surface area contributed by atoms with Crippen molar-refractivity contribution in [1.29, 1.82) is 0 Å². The van der Waals surface area contributed by atoms with E-state index in [4.69, 9.17) is 9.29 Å². The van der Waals surface area contributed by atoms with Crippen LogP contribution in [0.1, 0.15) is 59.3 Å². The molecule has 29 heavy (non-hydrogen) atoms. The van der Waals surface area contributed by atoms with Crippen LogP contribution < -0.4 is 0 Å². The molecule has 0 aromatic heterocycles. The molecule has 164 valence electrons. The average molecular weight is 431 g/mol. The molecule has 7 atom stereocenters. The molecule has 0 spiro atoms. The van der Waals surface area contributed by atoms with Crippen LogP contribution in [0, 0.1) is 22.2 Å². The van der Waals surface area contributed by atoms with Crippen LogP contribution in [0.3, 0.4) is 0 Å². The fraction of sp³-hybridized carbons (Fsp3) is 0.850. The summed E-state index contributed by atoms with van der Waals surface area (Å²) in [5.74, 6) is -0.302. The molecule has 1 saturated heterocycles. The van der Waals surface area contributed by atoms with E-state index >= 15 is 0 Å². The van der Waals surface area contributed by atoms with Crippen molar-refractivity contribution in [1.82, 2.24) is 0 Å². The summed E-state index contributed by atoms with van der Waals surface area (Å²) in [6.45, 7) is 5.25. The Morgan fingerprint density at radius 3 is 2.59 bits per heavy atom. The summed E-state index contributed by atoms with van der Waals surface area (Å²) >= 11 is 0. The van der Waals surface area contributed by atoms with Gasteiger partial charge in [0.05, 0.1) is 23.7 Å². The van der Waals surface area contributed by atoms with Gasteiger partial charge in [0, 0.05) is 11.3 Å². The number of aliphatic hydroxyl groups is 2. The number of rotatable bonds is 4. The zero-order chi connectivity index (χ0) is 21.5. The van der Waals surface area contributed by atoms with Crippen LogP contribution in [0.4, 0.5) is 0 Å². The molecule has 0 amide bonds. The van der Waals surface area contributed by atoms with Gasteiger partial charge in [-0.25, -0.2) is 4.18 Å². The minimum absolute atomic E-state index is 0.0952. The van der Waals surface area contributed by atoms with Gasteiger partial charge in [0.2, 0.25) is 0 Å². The molecule has 1 heterocycles. The van der Waals surface area contributed by atoms with Crippen molar-refractivity contribution < 1.29 is 36.9 Å². The lowest BCUT2D eigenvalue weighted by atomic mass is 9.43. The lowest BCUT2D eigenvalue weighted by molar-refractivity contribution is -0.168. The van der Waals surface area contributed by atoms with Gasteiger partial charge in [-0.2, -0.15) is 8.42 Å². The minimum atomic E-state index is -4.65. The highest BCUT2D eigenvalue weighted by Gasteiger charge is 2.70. The molecular weight excluding hydrogens is 400 g/mol. The Balaban J connectivity index is 1.67. The van der Waals surface area contributed by atoms with E-state index in [0.717, 1.165) is 24.8 Å². The zero-order valence-corrected chi connectivity index (χ0v) is 17.9. The first kappa shape index (κ1) is 21.2. The highest BCUT2D eigenvalue weighted by Crippen LogP contribution is 2.68. The third-order valence-electron chi connectivity index (χ3n) is 8.48. The van der Waals surface area contributed by atoms with Gasteiger partial charge in [-0.3, -0.25) is 9.35 Å². The highest BCUT2D eigenvalue weighted by molar-refractivity contribution is 7.80. The van der Waals surface area contributed by atoms with Gasteiger partial charge >= 0.3 is 16.4 Å². The fourth-order valence-corrected chi connectivity index (χ4v) is 6.99. The predicted octanol–water partition coefficient (Wildman–Crippen LogP) is 1.77. The molecular formula is C20H30O8S. The van der Waals surface area contributed by atoms with Gasteiger partial charge in [0.15, 0.2) is 0 Å². The van der Waals surface area contributed by atoms with Crippen molar-refractivity contribution in [3.63, 3.8) is 0 Å². The molecule has 4 aliphatic rings. The SMILES string of the molecule is CC1(C(O)COS(=O)(=O)O)CCC2(O)C(=CC3OC(=O)C4(C)CCCC2(C)C34)C1. The smallest absolute Gasteiger partial charge is 0.397 e. The monoisotopic (exact) mass is 430 g/mol. The Kier molecular flexibility index (Phi) is 4.58. The van der Waals surface area contributed by atoms with Crippen LogP contribution in [0.15, 0.2) is 11.6 Å². The van der Waals surface area contributed by atoms with E-state index < -0.39 is 51.1 Å². The molecule has 1 aliphatic heterocycles. The first-order valence-electron chi connectivity index (χ1n) is 10.2. The standard InChI is InChI=1S/C20H30O8S/c1-17(14(21)11-27-29(24,25)26)7-8-20(23)12(10-17)9-13-15-18(2,16(22)28-13)5-4-6-19(15,20)3/h9,13-15,21,23H,4-8,10-11H2,1-3H3,(H,24,25,26). The van der Waals surface area contributed by atoms with E-state index in [9.17, 15) is 23.4 Å². The lowest BCUT2D eigenvalue weighted by Gasteiger charge is -2.61. The van der Waals surface area contributed by atoms with Crippen molar-refractivity contribution in [3.05, 3.63) is 11.6 Å². The van der Waals surface area contributed by atoms with Gasteiger partial charge in [-0.05, 0) is 56.1 Å². The van der Waals surface area contributed by atoms with E-state index in [1.54, 1.807) is 0 Å². The third-order valence-corrected chi connectivity index (χ3v) is 8.91. The molecule has 8 nitrogen and oxygen atoms in total. The molecule has 4 rings (SSSR count). The third kappa shape index (κ3) is 2.92. The van der Waals surface area contributed by atoms with Crippen LogP contribution in [-0.4, -0.2) is 53.6 Å². The van der Waals surface area contributed by atoms with Crippen molar-refractivity contribution in [3.8, 4) is 0 Å². The van der Waals surface area contributed by atoms with E-state index in [1.807, 2.05) is 19.9 Å². The highest BCUT2D eigenvalue weighted by atomic mass is 32.3. The molecule has 3 N–H and O–H groups in total. The summed E-state index contributed by atoms with van der Waals surface area (Å²) in [5, 5.41) is 22.5. The maximum absolute atomic E-state index is 12.7. The molecule has 9 heteroatoms. The van der Waals surface area contributed by atoms with Crippen LogP contribution in [0.2, 0.25) is 0 Å². The van der Waals surface area contributed by atoms with E-state index in [2.05, 4.69) is 11.1 Å².